The average molecular weight is 742 g/mol. The van der Waals surface area contributed by atoms with Gasteiger partial charge in [0.2, 0.25) is 9.23 Å². The van der Waals surface area contributed by atoms with Crippen LogP contribution in [-0.2, 0) is 21.7 Å². The Kier molecular flexibility index (Phi) is 15.6. The summed E-state index contributed by atoms with van der Waals surface area (Å²) >= 11 is 12.2. The number of benzene rings is 2. The van der Waals surface area contributed by atoms with Gasteiger partial charge < -0.3 is 9.84 Å². The molecule has 0 heterocycles. The molecule has 0 radical (unpaired) electrons. The molecule has 4 rings (SSSR count). The first-order valence-electron chi connectivity index (χ1n) is 12.1. The van der Waals surface area contributed by atoms with Crippen molar-refractivity contribution < 1.29 is 27.6 Å². The third kappa shape index (κ3) is 10.3. The van der Waals surface area contributed by atoms with Crippen LogP contribution in [-0.4, -0.2) is 21.7 Å². The number of aliphatic hydroxyl groups excluding tert-OH is 1. The number of Topliss-reactive ketones (excluding diaryl/α,β-unsaturated/α-hetero) is 1. The second-order valence-corrected chi connectivity index (χ2v) is 13.5. The van der Waals surface area contributed by atoms with E-state index in [1.807, 2.05) is 0 Å². The van der Waals surface area contributed by atoms with Crippen molar-refractivity contribution in [2.75, 3.05) is 6.61 Å². The van der Waals surface area contributed by atoms with Crippen LogP contribution >= 0.6 is 64.8 Å². The van der Waals surface area contributed by atoms with E-state index in [9.17, 15) is 13.6 Å². The summed E-state index contributed by atoms with van der Waals surface area (Å²) in [7, 11) is 7.36. The van der Waals surface area contributed by atoms with Gasteiger partial charge >= 0.3 is 0 Å². The lowest BCUT2D eigenvalue weighted by molar-refractivity contribution is 0.0918. The Morgan fingerprint density at radius 3 is 2.03 bits per heavy atom. The van der Waals surface area contributed by atoms with E-state index < -0.39 is 21.7 Å². The Labute approximate surface area is 255 Å². The van der Waals surface area contributed by atoms with E-state index in [0.717, 1.165) is 25.7 Å². The van der Waals surface area contributed by atoms with Gasteiger partial charge in [-0.05, 0) is 55.9 Å². The third-order valence-corrected chi connectivity index (χ3v) is 8.32. The van der Waals surface area contributed by atoms with Gasteiger partial charge in [-0.3, -0.25) is 4.79 Å². The van der Waals surface area contributed by atoms with E-state index in [2.05, 4.69) is 53.2 Å². The largest absolute Gasteiger partial charge is 0.490 e. The van der Waals surface area contributed by atoms with Crippen molar-refractivity contribution in [2.24, 2.45) is 11.8 Å². The normalized spacial score (nSPS) is 15.6. The van der Waals surface area contributed by atoms with E-state index in [0.29, 0.717) is 32.8 Å². The van der Waals surface area contributed by atoms with Crippen molar-refractivity contribution >= 4 is 79.8 Å². The number of ketones is 1. The first-order valence-corrected chi connectivity index (χ1v) is 17.0. The predicted octanol–water partition coefficient (Wildman–Crippen LogP) is 9.39. The van der Waals surface area contributed by atoms with Gasteiger partial charge in [0, 0.05) is 47.4 Å². The van der Waals surface area contributed by atoms with Crippen molar-refractivity contribution in [3.8, 4) is 5.75 Å². The van der Waals surface area contributed by atoms with Crippen molar-refractivity contribution in [1.29, 1.82) is 0 Å². The first kappa shape index (κ1) is 33.9. The fraction of sp³-hybridized carbons (Fsp3) is 0.500. The molecule has 0 amide bonds. The minimum atomic E-state index is -1.67. The maximum atomic E-state index is 14.0. The summed E-state index contributed by atoms with van der Waals surface area (Å²) < 4.78 is 43.8. The number of hydrogen-bond acceptors (Lipinski definition) is 4. The molecule has 0 saturated heterocycles. The number of halogens is 7. The highest BCUT2D eigenvalue weighted by Gasteiger charge is 2.27. The van der Waals surface area contributed by atoms with Gasteiger partial charge in [-0.1, -0.05) is 57.5 Å². The summed E-state index contributed by atoms with van der Waals surface area (Å²) in [5.41, 5.74) is 0.744. The van der Waals surface area contributed by atoms with Gasteiger partial charge in [-0.15, -0.1) is 11.6 Å². The molecule has 0 aromatic heterocycles. The molecule has 2 aromatic carbocycles. The van der Waals surface area contributed by atoms with Gasteiger partial charge in [-0.25, -0.2) is 13.0 Å². The van der Waals surface area contributed by atoms with E-state index >= 15 is 0 Å². The molecule has 2 fully saturated rings. The lowest BCUT2D eigenvalue weighted by Gasteiger charge is -2.13. The Bertz CT molecular complexity index is 1090. The predicted molar refractivity (Wildman–Crippen MR) is 157 cm³/mol. The molecule has 2 saturated carbocycles. The monoisotopic (exact) mass is 738 g/mol. The molecule has 2 aromatic rings. The quantitative estimate of drug-likeness (QED) is 0.175. The molecule has 38 heavy (non-hydrogen) atoms. The Morgan fingerprint density at radius 1 is 0.947 bits per heavy atom. The number of carbonyl (C=O) groups excluding carboxylic acids is 1. The fourth-order valence-corrected chi connectivity index (χ4v) is 5.84. The van der Waals surface area contributed by atoms with E-state index in [4.69, 9.17) is 25.7 Å². The van der Waals surface area contributed by atoms with Gasteiger partial charge in [0.15, 0.2) is 17.3 Å². The molecule has 0 aliphatic heterocycles. The molecule has 4 nitrogen and oxygen atoms in total. The summed E-state index contributed by atoms with van der Waals surface area (Å²) in [4.78, 5) is 12.1. The summed E-state index contributed by atoms with van der Waals surface area (Å²) in [5, 5.41) is 9.09. The number of carbonyl (C=O) groups is 1. The maximum absolute atomic E-state index is 14.0. The number of hydrogen-bond donors (Lipinski definition) is 1. The minimum absolute atomic E-state index is 0.0442. The molecule has 212 valence electrons. The van der Waals surface area contributed by atoms with Crippen LogP contribution in [0, 0.1) is 23.5 Å². The van der Waals surface area contributed by atoms with E-state index in [1.54, 1.807) is 18.2 Å². The molecular weight excluding hydrogens is 713 g/mol. The Morgan fingerprint density at radius 2 is 1.47 bits per heavy atom. The molecule has 0 spiro atoms. The van der Waals surface area contributed by atoms with Gasteiger partial charge in [-0.2, -0.15) is 0 Å². The van der Waals surface area contributed by atoms with Gasteiger partial charge in [0.25, 0.3) is 0 Å². The Balaban J connectivity index is 0.000000234. The van der Waals surface area contributed by atoms with Crippen molar-refractivity contribution in [2.45, 2.75) is 63.9 Å². The fourth-order valence-electron chi connectivity index (χ4n) is 4.54. The van der Waals surface area contributed by atoms with Crippen LogP contribution in [0.3, 0.4) is 0 Å². The van der Waals surface area contributed by atoms with Crippen LogP contribution in [0.5, 0.6) is 5.75 Å². The summed E-state index contributed by atoms with van der Waals surface area (Å²) in [6.45, 7) is 0.207. The smallest absolute Gasteiger partial charge is 0.211 e. The van der Waals surface area contributed by atoms with Crippen LogP contribution in [0.25, 0.3) is 0 Å². The van der Waals surface area contributed by atoms with Crippen molar-refractivity contribution in [3.63, 3.8) is 0 Å². The van der Waals surface area contributed by atoms with Gasteiger partial charge in [0.05, 0.1) is 24.7 Å². The van der Waals surface area contributed by atoms with Crippen molar-refractivity contribution in [3.05, 3.63) is 61.5 Å². The zero-order chi connectivity index (χ0) is 28.2. The lowest BCUT2D eigenvalue weighted by atomic mass is 9.95. The van der Waals surface area contributed by atoms with E-state index in [1.165, 1.54) is 31.7 Å². The molecule has 0 unspecified atom stereocenters. The third-order valence-electron chi connectivity index (χ3n) is 6.57. The number of aliphatic hydroxyl groups is 1. The molecule has 12 heteroatoms. The highest BCUT2D eigenvalue weighted by atomic mass is 79.9. The zero-order valence-electron chi connectivity index (χ0n) is 20.5. The SMILES string of the molecule is Fc1c(OCC2CCCC2)ccc(Br)c1CCl.O=C(c1ccc(Br)c(CO)c1F)C1CCCC1.O=S(Cl)Cl. The molecule has 2 aliphatic carbocycles. The summed E-state index contributed by atoms with van der Waals surface area (Å²) in [6.07, 6.45) is 8.71. The minimum Gasteiger partial charge on any atom is -0.490 e. The van der Waals surface area contributed by atoms with Crippen LogP contribution in [0.2, 0.25) is 0 Å². The molecule has 2 aliphatic rings. The summed E-state index contributed by atoms with van der Waals surface area (Å²) in [5.74, 6) is -0.0497. The molecule has 0 atom stereocenters. The van der Waals surface area contributed by atoms with Crippen molar-refractivity contribution in [1.82, 2.24) is 0 Å². The van der Waals surface area contributed by atoms with Crippen LogP contribution < -0.4 is 4.74 Å². The maximum Gasteiger partial charge on any atom is 0.211 e. The average Bonchev–Trinajstić information content (AvgIpc) is 3.59. The molecule has 1 N–H and O–H groups in total. The van der Waals surface area contributed by atoms with Gasteiger partial charge in [0.1, 0.15) is 5.82 Å². The van der Waals surface area contributed by atoms with E-state index in [-0.39, 0.29) is 34.5 Å². The molecular formula is C26H29Br2Cl3F2O4S. The Hall–Kier alpha value is -0.290. The zero-order valence-corrected chi connectivity index (χ0v) is 26.7. The number of rotatable bonds is 7. The van der Waals surface area contributed by atoms with Crippen LogP contribution in [0.15, 0.2) is 33.2 Å². The second-order valence-electron chi connectivity index (χ2n) is 9.01. The topological polar surface area (TPSA) is 63.6 Å². The highest BCUT2D eigenvalue weighted by Crippen LogP contribution is 2.32. The standard InChI is InChI=1S/C13H15BrClFO.C13H14BrFO2.Cl2OS/c14-11-5-6-12(13(16)10(11)7-15)17-8-9-3-1-2-4-9;14-11-6-5-9(12(15)10(11)7-16)13(17)8-3-1-2-4-8;1-4(2)3/h5-6,9H,1-4,7-8H2;5-6,8,16H,1-4,7H2;. The summed E-state index contributed by atoms with van der Waals surface area (Å²) in [6, 6.07) is 6.56. The lowest BCUT2D eigenvalue weighted by Crippen LogP contribution is -2.14. The highest BCUT2D eigenvalue weighted by molar-refractivity contribution is 9.10. The van der Waals surface area contributed by atoms with Crippen LogP contribution in [0.1, 0.15) is 72.9 Å². The first-order chi connectivity index (χ1) is 18.1. The molecule has 0 bridgehead atoms. The van der Waals surface area contributed by atoms with Crippen LogP contribution in [0.4, 0.5) is 8.78 Å². The number of ether oxygens (including phenoxy) is 1. The number of alkyl halides is 1. The second kappa shape index (κ2) is 17.5.